The number of aromatic nitrogens is 1. The molecule has 192 valence electrons. The second kappa shape index (κ2) is 14.7. The summed E-state index contributed by atoms with van der Waals surface area (Å²) >= 11 is 0. The number of nitrogens with one attached hydrogen (secondary N) is 1. The van der Waals surface area contributed by atoms with Crippen molar-refractivity contribution < 1.29 is 23.7 Å². The molecule has 0 saturated heterocycles. The molecule has 36 heavy (non-hydrogen) atoms. The minimum absolute atomic E-state index is 0.150. The summed E-state index contributed by atoms with van der Waals surface area (Å²) in [7, 11) is 5.63. The molecule has 0 fully saturated rings. The number of carbonyl (C=O) groups is 1. The number of ether oxygens (including phenoxy) is 4. The molecule has 1 unspecified atom stereocenters. The molecular weight excluding hydrogens is 458 g/mol. The molecule has 1 amide bonds. The lowest BCUT2D eigenvalue weighted by molar-refractivity contribution is 0.0220. The standard InChI is InChI=1S/C28H35N3O5/c1-31(2)25-12-10-23(11-13-25)27(20-22-7-6-9-26(19-22)33-3)30-28(32)36-18-17-34-15-16-35-21-24-8-4-5-14-29-24/h4-14,19,27H,15-18,20-21H2,1-3H3,(H,30,32). The maximum atomic E-state index is 12.6. The Morgan fingerprint density at radius 1 is 0.944 bits per heavy atom. The van der Waals surface area contributed by atoms with Gasteiger partial charge < -0.3 is 29.2 Å². The van der Waals surface area contributed by atoms with Crippen molar-refractivity contribution in [2.45, 2.75) is 19.1 Å². The molecular formula is C28H35N3O5. The van der Waals surface area contributed by atoms with Crippen LogP contribution in [0.4, 0.5) is 10.5 Å². The summed E-state index contributed by atoms with van der Waals surface area (Å²) in [6, 6.07) is 21.4. The highest BCUT2D eigenvalue weighted by molar-refractivity contribution is 5.68. The van der Waals surface area contributed by atoms with Crippen LogP contribution in [0.1, 0.15) is 22.9 Å². The Bertz CT molecular complexity index is 1040. The molecule has 0 aliphatic rings. The van der Waals surface area contributed by atoms with Crippen LogP contribution in [0, 0.1) is 0 Å². The van der Waals surface area contributed by atoms with Crippen LogP contribution in [0.5, 0.6) is 5.75 Å². The van der Waals surface area contributed by atoms with E-state index in [0.717, 1.165) is 28.3 Å². The molecule has 1 aromatic heterocycles. The van der Waals surface area contributed by atoms with Crippen molar-refractivity contribution in [1.82, 2.24) is 10.3 Å². The first kappa shape index (κ1) is 27.0. The minimum Gasteiger partial charge on any atom is -0.497 e. The van der Waals surface area contributed by atoms with Gasteiger partial charge in [0.2, 0.25) is 0 Å². The fourth-order valence-electron chi connectivity index (χ4n) is 3.55. The molecule has 8 heteroatoms. The average Bonchev–Trinajstić information content (AvgIpc) is 2.90. The van der Waals surface area contributed by atoms with Crippen LogP contribution in [0.15, 0.2) is 72.9 Å². The molecule has 3 rings (SSSR count). The summed E-state index contributed by atoms with van der Waals surface area (Å²) in [5, 5.41) is 2.99. The van der Waals surface area contributed by atoms with Crippen LogP contribution in [-0.2, 0) is 27.2 Å². The largest absolute Gasteiger partial charge is 0.497 e. The smallest absolute Gasteiger partial charge is 0.407 e. The summed E-state index contributed by atoms with van der Waals surface area (Å²) in [6.45, 7) is 1.73. The summed E-state index contributed by atoms with van der Waals surface area (Å²) in [6.07, 6.45) is 1.84. The number of hydrogen-bond donors (Lipinski definition) is 1. The minimum atomic E-state index is -0.491. The summed E-state index contributed by atoms with van der Waals surface area (Å²) in [4.78, 5) is 18.8. The topological polar surface area (TPSA) is 82.2 Å². The van der Waals surface area contributed by atoms with E-state index in [9.17, 15) is 4.79 Å². The third kappa shape index (κ3) is 9.20. The fourth-order valence-corrected chi connectivity index (χ4v) is 3.55. The van der Waals surface area contributed by atoms with Gasteiger partial charge in [-0.2, -0.15) is 0 Å². The molecule has 0 aliphatic carbocycles. The lowest BCUT2D eigenvalue weighted by atomic mass is 9.98. The van der Waals surface area contributed by atoms with Gasteiger partial charge in [0.15, 0.2) is 0 Å². The van der Waals surface area contributed by atoms with Gasteiger partial charge in [-0.15, -0.1) is 0 Å². The van der Waals surface area contributed by atoms with Crippen molar-refractivity contribution in [3.63, 3.8) is 0 Å². The second-order valence-corrected chi connectivity index (χ2v) is 8.36. The van der Waals surface area contributed by atoms with Crippen LogP contribution < -0.4 is 15.0 Å². The molecule has 0 aliphatic heterocycles. The maximum absolute atomic E-state index is 12.6. The number of hydrogen-bond acceptors (Lipinski definition) is 7. The predicted molar refractivity (Wildman–Crippen MR) is 139 cm³/mol. The van der Waals surface area contributed by atoms with Gasteiger partial charge in [-0.25, -0.2) is 4.79 Å². The van der Waals surface area contributed by atoms with Crippen LogP contribution in [0.25, 0.3) is 0 Å². The third-order valence-electron chi connectivity index (χ3n) is 5.49. The number of nitrogens with zero attached hydrogens (tertiary/aromatic N) is 2. The van der Waals surface area contributed by atoms with E-state index < -0.39 is 6.09 Å². The molecule has 1 N–H and O–H groups in total. The van der Waals surface area contributed by atoms with Gasteiger partial charge in [0.1, 0.15) is 12.4 Å². The Kier molecular flexibility index (Phi) is 11.0. The lowest BCUT2D eigenvalue weighted by Gasteiger charge is -2.21. The number of amides is 1. The van der Waals surface area contributed by atoms with Gasteiger partial charge in [0.25, 0.3) is 0 Å². The molecule has 0 bridgehead atoms. The van der Waals surface area contributed by atoms with Crippen molar-refractivity contribution in [3.05, 3.63) is 89.7 Å². The Morgan fingerprint density at radius 2 is 1.72 bits per heavy atom. The van der Waals surface area contributed by atoms with E-state index in [2.05, 4.69) is 10.3 Å². The molecule has 2 aromatic carbocycles. The van der Waals surface area contributed by atoms with E-state index in [4.69, 9.17) is 18.9 Å². The zero-order chi connectivity index (χ0) is 25.6. The summed E-state index contributed by atoms with van der Waals surface area (Å²) < 4.78 is 21.7. The van der Waals surface area contributed by atoms with E-state index in [0.29, 0.717) is 32.8 Å². The highest BCUT2D eigenvalue weighted by atomic mass is 16.6. The van der Waals surface area contributed by atoms with Crippen LogP contribution in [0.3, 0.4) is 0 Å². The van der Waals surface area contributed by atoms with Crippen LogP contribution >= 0.6 is 0 Å². The Morgan fingerprint density at radius 3 is 2.44 bits per heavy atom. The zero-order valence-electron chi connectivity index (χ0n) is 21.2. The highest BCUT2D eigenvalue weighted by Gasteiger charge is 2.17. The van der Waals surface area contributed by atoms with Crippen LogP contribution in [0.2, 0.25) is 0 Å². The first-order valence-electron chi connectivity index (χ1n) is 11.9. The van der Waals surface area contributed by atoms with Gasteiger partial charge in [0, 0.05) is 26.0 Å². The van der Waals surface area contributed by atoms with E-state index >= 15 is 0 Å². The van der Waals surface area contributed by atoms with Gasteiger partial charge in [-0.1, -0.05) is 30.3 Å². The molecule has 3 aromatic rings. The average molecular weight is 494 g/mol. The molecule has 0 saturated carbocycles. The summed E-state index contributed by atoms with van der Waals surface area (Å²) in [5.74, 6) is 0.776. The Labute approximate surface area is 213 Å². The molecule has 1 heterocycles. The Hall–Kier alpha value is -3.62. The van der Waals surface area contributed by atoms with E-state index in [1.807, 2.05) is 85.7 Å². The first-order valence-corrected chi connectivity index (χ1v) is 11.9. The molecule has 1 atom stereocenters. The number of pyridine rings is 1. The monoisotopic (exact) mass is 493 g/mol. The van der Waals surface area contributed by atoms with Crippen molar-refractivity contribution >= 4 is 11.8 Å². The molecule has 0 radical (unpaired) electrons. The second-order valence-electron chi connectivity index (χ2n) is 8.36. The number of rotatable bonds is 14. The fraction of sp³-hybridized carbons (Fsp3) is 0.357. The summed E-state index contributed by atoms with van der Waals surface area (Å²) in [5.41, 5.74) is 3.99. The first-order chi connectivity index (χ1) is 17.5. The maximum Gasteiger partial charge on any atom is 0.407 e. The lowest BCUT2D eigenvalue weighted by Crippen LogP contribution is -2.31. The zero-order valence-corrected chi connectivity index (χ0v) is 21.2. The Balaban J connectivity index is 1.45. The molecule has 0 spiro atoms. The van der Waals surface area contributed by atoms with E-state index in [1.165, 1.54) is 0 Å². The van der Waals surface area contributed by atoms with Crippen molar-refractivity contribution in [2.24, 2.45) is 0 Å². The van der Waals surface area contributed by atoms with E-state index in [-0.39, 0.29) is 12.6 Å². The van der Waals surface area contributed by atoms with Gasteiger partial charge in [-0.3, -0.25) is 4.98 Å². The van der Waals surface area contributed by atoms with Gasteiger partial charge in [-0.05, 0) is 53.9 Å². The number of anilines is 1. The van der Waals surface area contributed by atoms with Crippen molar-refractivity contribution in [3.8, 4) is 5.75 Å². The SMILES string of the molecule is COc1cccc(CC(NC(=O)OCCOCCOCc2ccccn2)c2ccc(N(C)C)cc2)c1. The number of methoxy groups -OCH3 is 1. The van der Waals surface area contributed by atoms with Gasteiger partial charge in [0.05, 0.1) is 45.3 Å². The highest BCUT2D eigenvalue weighted by Crippen LogP contribution is 2.23. The normalized spacial score (nSPS) is 11.5. The number of benzene rings is 2. The quantitative estimate of drug-likeness (QED) is 0.333. The number of alkyl carbamates (subject to hydrolysis) is 1. The van der Waals surface area contributed by atoms with Gasteiger partial charge >= 0.3 is 6.09 Å². The van der Waals surface area contributed by atoms with E-state index in [1.54, 1.807) is 13.3 Å². The predicted octanol–water partition coefficient (Wildman–Crippen LogP) is 4.40. The van der Waals surface area contributed by atoms with Crippen LogP contribution in [-0.4, -0.2) is 58.7 Å². The third-order valence-corrected chi connectivity index (χ3v) is 5.49. The molecule has 8 nitrogen and oxygen atoms in total. The van der Waals surface area contributed by atoms with Crippen molar-refractivity contribution in [2.75, 3.05) is 52.5 Å². The van der Waals surface area contributed by atoms with Crippen molar-refractivity contribution in [1.29, 1.82) is 0 Å². The number of carbonyl (C=O) groups excluding carboxylic acids is 1.